The molecule has 1 N–H and O–H groups in total. The second-order valence-corrected chi connectivity index (χ2v) is 4.86. The summed E-state index contributed by atoms with van der Waals surface area (Å²) >= 11 is 0. The smallest absolute Gasteiger partial charge is 0.410 e. The third kappa shape index (κ3) is 2.67. The Kier molecular flexibility index (Phi) is 3.06. The molecule has 1 saturated carbocycles. The number of carbonyl (C=O) groups excluding carboxylic acids is 2. The van der Waals surface area contributed by atoms with Gasteiger partial charge in [0.05, 0.1) is 6.54 Å². The maximum atomic E-state index is 12.0. The molecule has 3 rings (SSSR count). The highest BCUT2D eigenvalue weighted by atomic mass is 16.6. The predicted molar refractivity (Wildman–Crippen MR) is 66.1 cm³/mol. The zero-order valence-corrected chi connectivity index (χ0v) is 10.4. The van der Waals surface area contributed by atoms with Crippen molar-refractivity contribution in [3.05, 3.63) is 30.1 Å². The fourth-order valence-electron chi connectivity index (χ4n) is 2.06. The summed E-state index contributed by atoms with van der Waals surface area (Å²) in [6.07, 6.45) is 4.95. The molecule has 100 valence electrons. The normalized spacial score (nSPS) is 22.2. The van der Waals surface area contributed by atoms with Crippen molar-refractivity contribution in [1.82, 2.24) is 15.2 Å². The third-order valence-electron chi connectivity index (χ3n) is 3.28. The van der Waals surface area contributed by atoms with E-state index in [0.717, 1.165) is 18.4 Å². The lowest BCUT2D eigenvalue weighted by molar-refractivity contribution is -0.125. The van der Waals surface area contributed by atoms with E-state index in [4.69, 9.17) is 4.74 Å². The van der Waals surface area contributed by atoms with Crippen LogP contribution in [-0.2, 0) is 16.1 Å². The van der Waals surface area contributed by atoms with Gasteiger partial charge < -0.3 is 10.1 Å². The van der Waals surface area contributed by atoms with Crippen LogP contribution in [0.5, 0.6) is 0 Å². The summed E-state index contributed by atoms with van der Waals surface area (Å²) in [5, 5.41) is 2.90. The van der Waals surface area contributed by atoms with Crippen molar-refractivity contribution in [2.24, 2.45) is 0 Å². The van der Waals surface area contributed by atoms with Crippen molar-refractivity contribution in [1.29, 1.82) is 0 Å². The number of nitrogens with zero attached hydrogens (tertiary/aromatic N) is 2. The Morgan fingerprint density at radius 2 is 2.37 bits per heavy atom. The molecule has 1 saturated heterocycles. The molecule has 0 unspecified atom stereocenters. The van der Waals surface area contributed by atoms with Crippen LogP contribution in [0.2, 0.25) is 0 Å². The highest BCUT2D eigenvalue weighted by Gasteiger charge is 2.39. The Hall–Kier alpha value is -2.11. The molecular weight excluding hydrogens is 246 g/mol. The van der Waals surface area contributed by atoms with Crippen LogP contribution < -0.4 is 5.32 Å². The SMILES string of the molecule is O=C(NC1CC1)[C@@H]1COC(=O)N1Cc1cccnc1. The molecule has 6 heteroatoms. The highest BCUT2D eigenvalue weighted by molar-refractivity contribution is 5.88. The van der Waals surface area contributed by atoms with E-state index >= 15 is 0 Å². The second kappa shape index (κ2) is 4.87. The van der Waals surface area contributed by atoms with Gasteiger partial charge in [0.1, 0.15) is 12.6 Å². The molecule has 19 heavy (non-hydrogen) atoms. The first-order chi connectivity index (χ1) is 9.24. The summed E-state index contributed by atoms with van der Waals surface area (Å²) in [5.41, 5.74) is 0.880. The third-order valence-corrected chi connectivity index (χ3v) is 3.28. The molecule has 2 heterocycles. The van der Waals surface area contributed by atoms with Crippen molar-refractivity contribution < 1.29 is 14.3 Å². The number of amides is 2. The molecule has 1 atom stereocenters. The molecule has 2 fully saturated rings. The molecule has 1 aromatic rings. The van der Waals surface area contributed by atoms with Gasteiger partial charge in [0.15, 0.2) is 0 Å². The van der Waals surface area contributed by atoms with Crippen LogP contribution in [-0.4, -0.2) is 40.6 Å². The summed E-state index contributed by atoms with van der Waals surface area (Å²) < 4.78 is 4.98. The lowest BCUT2D eigenvalue weighted by Gasteiger charge is -2.20. The number of carbonyl (C=O) groups is 2. The van der Waals surface area contributed by atoms with Crippen LogP contribution in [0, 0.1) is 0 Å². The zero-order valence-electron chi connectivity index (χ0n) is 10.4. The van der Waals surface area contributed by atoms with E-state index < -0.39 is 12.1 Å². The van der Waals surface area contributed by atoms with Crippen LogP contribution in [0.1, 0.15) is 18.4 Å². The summed E-state index contributed by atoms with van der Waals surface area (Å²) in [6.45, 7) is 0.465. The minimum atomic E-state index is -0.534. The van der Waals surface area contributed by atoms with Gasteiger partial charge >= 0.3 is 6.09 Å². The number of cyclic esters (lactones) is 1. The fraction of sp³-hybridized carbons (Fsp3) is 0.462. The molecular formula is C13H15N3O3. The molecule has 2 amide bonds. The quantitative estimate of drug-likeness (QED) is 0.865. The van der Waals surface area contributed by atoms with E-state index in [9.17, 15) is 9.59 Å². The van der Waals surface area contributed by atoms with E-state index in [1.54, 1.807) is 18.5 Å². The summed E-state index contributed by atoms with van der Waals surface area (Å²) in [5.74, 6) is -0.128. The monoisotopic (exact) mass is 261 g/mol. The number of pyridine rings is 1. The molecule has 1 aromatic heterocycles. The Bertz CT molecular complexity index is 487. The average Bonchev–Trinajstić information content (AvgIpc) is 3.15. The van der Waals surface area contributed by atoms with Crippen LogP contribution in [0.4, 0.5) is 4.79 Å². The molecule has 0 radical (unpaired) electrons. The minimum Gasteiger partial charge on any atom is -0.447 e. The Labute approximate surface area is 110 Å². The van der Waals surface area contributed by atoms with Crippen LogP contribution in [0.15, 0.2) is 24.5 Å². The molecule has 0 spiro atoms. The minimum absolute atomic E-state index is 0.123. The van der Waals surface area contributed by atoms with Gasteiger partial charge in [0.2, 0.25) is 5.91 Å². The standard InChI is InChI=1S/C13H15N3O3/c17-12(15-10-3-4-10)11-8-19-13(18)16(11)7-9-2-1-5-14-6-9/h1-2,5-6,10-11H,3-4,7-8H2,(H,15,17)/t11-/m0/s1. The molecule has 2 aliphatic rings. The van der Waals surface area contributed by atoms with Crippen molar-refractivity contribution in [3.8, 4) is 0 Å². The molecule has 1 aliphatic heterocycles. The lowest BCUT2D eigenvalue weighted by atomic mass is 10.2. The van der Waals surface area contributed by atoms with E-state index in [1.807, 2.05) is 6.07 Å². The second-order valence-electron chi connectivity index (χ2n) is 4.86. The van der Waals surface area contributed by atoms with E-state index in [1.165, 1.54) is 4.90 Å². The molecule has 0 aromatic carbocycles. The van der Waals surface area contributed by atoms with Gasteiger partial charge in [-0.15, -0.1) is 0 Å². The zero-order chi connectivity index (χ0) is 13.2. The summed E-state index contributed by atoms with van der Waals surface area (Å²) in [7, 11) is 0. The Morgan fingerprint density at radius 1 is 1.53 bits per heavy atom. The van der Waals surface area contributed by atoms with E-state index in [2.05, 4.69) is 10.3 Å². The predicted octanol–water partition coefficient (Wildman–Crippen LogP) is 0.681. The largest absolute Gasteiger partial charge is 0.447 e. The highest BCUT2D eigenvalue weighted by Crippen LogP contribution is 2.21. The number of hydrogen-bond donors (Lipinski definition) is 1. The maximum absolute atomic E-state index is 12.0. The first-order valence-electron chi connectivity index (χ1n) is 6.37. The molecule has 1 aliphatic carbocycles. The van der Waals surface area contributed by atoms with E-state index in [0.29, 0.717) is 6.54 Å². The van der Waals surface area contributed by atoms with Gasteiger partial charge in [-0.2, -0.15) is 0 Å². The average molecular weight is 261 g/mol. The van der Waals surface area contributed by atoms with Crippen molar-refractivity contribution in [3.63, 3.8) is 0 Å². The van der Waals surface area contributed by atoms with Crippen molar-refractivity contribution in [2.45, 2.75) is 31.5 Å². The number of aromatic nitrogens is 1. The van der Waals surface area contributed by atoms with Gasteiger partial charge in [-0.3, -0.25) is 14.7 Å². The van der Waals surface area contributed by atoms with Gasteiger partial charge in [-0.05, 0) is 24.5 Å². The van der Waals surface area contributed by atoms with Gasteiger partial charge in [0, 0.05) is 18.4 Å². The van der Waals surface area contributed by atoms with Crippen LogP contribution >= 0.6 is 0 Å². The molecule has 0 bridgehead atoms. The summed E-state index contributed by atoms with van der Waals surface area (Å²) in [6, 6.07) is 3.42. The number of rotatable bonds is 4. The Morgan fingerprint density at radius 3 is 3.05 bits per heavy atom. The van der Waals surface area contributed by atoms with Gasteiger partial charge in [0.25, 0.3) is 0 Å². The molecule has 6 nitrogen and oxygen atoms in total. The number of nitrogens with one attached hydrogen (secondary N) is 1. The van der Waals surface area contributed by atoms with Crippen LogP contribution in [0.25, 0.3) is 0 Å². The topological polar surface area (TPSA) is 71.5 Å². The van der Waals surface area contributed by atoms with Crippen molar-refractivity contribution in [2.75, 3.05) is 6.61 Å². The Balaban J connectivity index is 1.69. The number of ether oxygens (including phenoxy) is 1. The lowest BCUT2D eigenvalue weighted by Crippen LogP contribution is -2.46. The van der Waals surface area contributed by atoms with Crippen molar-refractivity contribution >= 4 is 12.0 Å². The van der Waals surface area contributed by atoms with Gasteiger partial charge in [-0.25, -0.2) is 4.79 Å². The van der Waals surface area contributed by atoms with Crippen LogP contribution in [0.3, 0.4) is 0 Å². The maximum Gasteiger partial charge on any atom is 0.410 e. The van der Waals surface area contributed by atoms with E-state index in [-0.39, 0.29) is 18.6 Å². The number of hydrogen-bond acceptors (Lipinski definition) is 4. The first kappa shape index (κ1) is 12.0. The van der Waals surface area contributed by atoms with Gasteiger partial charge in [-0.1, -0.05) is 6.07 Å². The summed E-state index contributed by atoms with van der Waals surface area (Å²) in [4.78, 5) is 29.2. The fourth-order valence-corrected chi connectivity index (χ4v) is 2.06. The first-order valence-corrected chi connectivity index (χ1v) is 6.37.